The first-order valence-electron chi connectivity index (χ1n) is 9.79. The molecule has 1 N–H and O–H groups in total. The molecule has 33 heavy (non-hydrogen) atoms. The SMILES string of the molecule is COc1ccc(-c2nn3cnnc3s2)cc1NC(=O)/C=C/c1ccc(-c2ccc(F)cc2)o1. The van der Waals surface area contributed by atoms with Crippen LogP contribution in [0, 0.1) is 5.82 Å². The monoisotopic (exact) mass is 461 g/mol. The van der Waals surface area contributed by atoms with Crippen LogP contribution in [0.2, 0.25) is 0 Å². The number of anilines is 1. The molecular weight excluding hydrogens is 445 g/mol. The van der Waals surface area contributed by atoms with Crippen molar-refractivity contribution < 1.29 is 18.3 Å². The smallest absolute Gasteiger partial charge is 0.248 e. The lowest BCUT2D eigenvalue weighted by atomic mass is 10.2. The molecule has 10 heteroatoms. The van der Waals surface area contributed by atoms with E-state index in [9.17, 15) is 9.18 Å². The number of nitrogens with one attached hydrogen (secondary N) is 1. The molecule has 3 aromatic heterocycles. The van der Waals surface area contributed by atoms with Crippen molar-refractivity contribution in [3.05, 3.63) is 78.6 Å². The lowest BCUT2D eigenvalue weighted by Gasteiger charge is -2.10. The molecule has 0 saturated heterocycles. The number of methoxy groups -OCH3 is 1. The molecule has 0 aliphatic rings. The summed E-state index contributed by atoms with van der Waals surface area (Å²) in [5.74, 6) is 0.908. The van der Waals surface area contributed by atoms with E-state index < -0.39 is 0 Å². The Morgan fingerprint density at radius 2 is 1.97 bits per heavy atom. The fraction of sp³-hybridized carbons (Fsp3) is 0.0435. The molecule has 0 atom stereocenters. The van der Waals surface area contributed by atoms with Gasteiger partial charge in [-0.2, -0.15) is 9.61 Å². The molecule has 5 rings (SSSR count). The minimum atomic E-state index is -0.358. The van der Waals surface area contributed by atoms with Crippen molar-refractivity contribution in [2.45, 2.75) is 0 Å². The van der Waals surface area contributed by atoms with Crippen LogP contribution in [0.15, 0.2) is 71.4 Å². The average molecular weight is 461 g/mol. The molecule has 0 unspecified atom stereocenters. The van der Waals surface area contributed by atoms with E-state index in [1.54, 1.807) is 47.0 Å². The molecule has 0 saturated carbocycles. The Kier molecular flexibility index (Phi) is 5.41. The molecule has 0 bridgehead atoms. The molecule has 0 aliphatic heterocycles. The number of benzene rings is 2. The highest BCUT2D eigenvalue weighted by molar-refractivity contribution is 7.19. The Morgan fingerprint density at radius 3 is 2.76 bits per heavy atom. The van der Waals surface area contributed by atoms with E-state index in [4.69, 9.17) is 9.15 Å². The second-order valence-electron chi connectivity index (χ2n) is 6.91. The zero-order valence-electron chi connectivity index (χ0n) is 17.2. The minimum absolute atomic E-state index is 0.317. The number of halogens is 1. The zero-order chi connectivity index (χ0) is 22.8. The molecule has 2 aromatic carbocycles. The highest BCUT2D eigenvalue weighted by Crippen LogP contribution is 2.32. The van der Waals surface area contributed by atoms with Crippen LogP contribution in [-0.4, -0.2) is 32.8 Å². The molecular formula is C23H16FN5O3S. The molecule has 3 heterocycles. The maximum absolute atomic E-state index is 13.1. The van der Waals surface area contributed by atoms with Gasteiger partial charge in [0.2, 0.25) is 10.9 Å². The summed E-state index contributed by atoms with van der Waals surface area (Å²) in [7, 11) is 1.53. The van der Waals surface area contributed by atoms with E-state index >= 15 is 0 Å². The Hall–Kier alpha value is -4.31. The maximum atomic E-state index is 13.1. The van der Waals surface area contributed by atoms with Crippen molar-refractivity contribution in [1.29, 1.82) is 0 Å². The van der Waals surface area contributed by atoms with E-state index in [-0.39, 0.29) is 11.7 Å². The lowest BCUT2D eigenvalue weighted by molar-refractivity contribution is -0.111. The number of ether oxygens (including phenoxy) is 1. The van der Waals surface area contributed by atoms with Crippen LogP contribution in [-0.2, 0) is 4.79 Å². The quantitative estimate of drug-likeness (QED) is 0.361. The van der Waals surface area contributed by atoms with E-state index in [0.29, 0.717) is 27.9 Å². The summed E-state index contributed by atoms with van der Waals surface area (Å²) >= 11 is 1.38. The van der Waals surface area contributed by atoms with Crippen LogP contribution in [0.4, 0.5) is 10.1 Å². The number of rotatable bonds is 6. The molecule has 0 radical (unpaired) electrons. The number of hydrogen-bond donors (Lipinski definition) is 1. The van der Waals surface area contributed by atoms with Gasteiger partial charge in [0.1, 0.15) is 34.4 Å². The molecule has 1 amide bonds. The van der Waals surface area contributed by atoms with Gasteiger partial charge in [-0.3, -0.25) is 4.79 Å². The number of hydrogen-bond acceptors (Lipinski definition) is 7. The van der Waals surface area contributed by atoms with Gasteiger partial charge in [0.25, 0.3) is 0 Å². The summed E-state index contributed by atoms with van der Waals surface area (Å²) in [5.41, 5.74) is 2.05. The van der Waals surface area contributed by atoms with E-state index in [1.807, 2.05) is 6.07 Å². The lowest BCUT2D eigenvalue weighted by Crippen LogP contribution is -2.09. The summed E-state index contributed by atoms with van der Waals surface area (Å²) in [5, 5.41) is 15.8. The van der Waals surface area contributed by atoms with Gasteiger partial charge in [-0.1, -0.05) is 11.3 Å². The molecule has 8 nitrogen and oxygen atoms in total. The Morgan fingerprint density at radius 1 is 1.15 bits per heavy atom. The van der Waals surface area contributed by atoms with Crippen molar-refractivity contribution in [2.24, 2.45) is 0 Å². The number of carbonyl (C=O) groups excluding carboxylic acids is 1. The van der Waals surface area contributed by atoms with Crippen molar-refractivity contribution >= 4 is 34.0 Å². The predicted molar refractivity (Wildman–Crippen MR) is 122 cm³/mol. The number of carbonyl (C=O) groups is 1. The van der Waals surface area contributed by atoms with Crippen molar-refractivity contribution in [3.63, 3.8) is 0 Å². The van der Waals surface area contributed by atoms with E-state index in [1.165, 1.54) is 43.0 Å². The Labute approximate surface area is 191 Å². The second-order valence-corrected chi connectivity index (χ2v) is 7.87. The molecule has 164 valence electrons. The number of nitrogens with zero attached hydrogens (tertiary/aromatic N) is 4. The fourth-order valence-corrected chi connectivity index (χ4v) is 3.98. The third-order valence-electron chi connectivity index (χ3n) is 4.75. The number of aromatic nitrogens is 4. The first-order chi connectivity index (χ1) is 16.1. The molecule has 0 spiro atoms. The van der Waals surface area contributed by atoms with Crippen LogP contribution in [0.25, 0.3) is 32.9 Å². The van der Waals surface area contributed by atoms with Gasteiger partial charge in [0, 0.05) is 17.2 Å². The Balaban J connectivity index is 1.32. The minimum Gasteiger partial charge on any atom is -0.495 e. The summed E-state index contributed by atoms with van der Waals surface area (Å²) in [6.07, 6.45) is 4.45. The van der Waals surface area contributed by atoms with Gasteiger partial charge in [0.05, 0.1) is 12.8 Å². The largest absolute Gasteiger partial charge is 0.495 e. The standard InChI is InChI=1S/C23H16FN5O3S/c1-31-20-9-4-15(22-28-29-13-25-27-23(29)33-22)12-18(20)26-21(30)11-8-17-7-10-19(32-17)14-2-5-16(24)6-3-14/h2-13H,1H3,(H,26,30)/b11-8+. The number of fused-ring (bicyclic) bond motifs is 1. The van der Waals surface area contributed by atoms with Crippen molar-refractivity contribution in [1.82, 2.24) is 19.8 Å². The van der Waals surface area contributed by atoms with Crippen molar-refractivity contribution in [2.75, 3.05) is 12.4 Å². The van der Waals surface area contributed by atoms with Gasteiger partial charge in [-0.25, -0.2) is 4.39 Å². The van der Waals surface area contributed by atoms with E-state index in [0.717, 1.165) is 16.1 Å². The summed E-state index contributed by atoms with van der Waals surface area (Å²) < 4.78 is 25.8. The third kappa shape index (κ3) is 4.37. The first-order valence-corrected chi connectivity index (χ1v) is 10.6. The fourth-order valence-electron chi connectivity index (χ4n) is 3.16. The van der Waals surface area contributed by atoms with Crippen molar-refractivity contribution in [3.8, 4) is 27.6 Å². The molecule has 0 fully saturated rings. The summed E-state index contributed by atoms with van der Waals surface area (Å²) in [6.45, 7) is 0. The molecule has 5 aromatic rings. The van der Waals surface area contributed by atoms with Crippen LogP contribution in [0.5, 0.6) is 5.75 Å². The third-order valence-corrected chi connectivity index (χ3v) is 5.71. The topological polar surface area (TPSA) is 94.5 Å². The highest BCUT2D eigenvalue weighted by Gasteiger charge is 2.12. The average Bonchev–Trinajstić information content (AvgIpc) is 3.55. The van der Waals surface area contributed by atoms with E-state index in [2.05, 4.69) is 20.6 Å². The number of amides is 1. The van der Waals surface area contributed by atoms with Gasteiger partial charge in [0.15, 0.2) is 0 Å². The maximum Gasteiger partial charge on any atom is 0.248 e. The Bertz CT molecular complexity index is 1440. The van der Waals surface area contributed by atoms with Crippen LogP contribution < -0.4 is 10.1 Å². The van der Waals surface area contributed by atoms with Crippen LogP contribution >= 0.6 is 11.3 Å². The summed E-state index contributed by atoms with van der Waals surface area (Å²) in [4.78, 5) is 13.2. The molecule has 0 aliphatic carbocycles. The second kappa shape index (κ2) is 8.67. The normalized spacial score (nSPS) is 11.3. The van der Waals surface area contributed by atoms with Crippen LogP contribution in [0.1, 0.15) is 5.76 Å². The predicted octanol–water partition coefficient (Wildman–Crippen LogP) is 4.91. The van der Waals surface area contributed by atoms with Crippen LogP contribution in [0.3, 0.4) is 0 Å². The van der Waals surface area contributed by atoms with Gasteiger partial charge >= 0.3 is 0 Å². The van der Waals surface area contributed by atoms with Gasteiger partial charge < -0.3 is 14.5 Å². The zero-order valence-corrected chi connectivity index (χ0v) is 18.0. The summed E-state index contributed by atoms with van der Waals surface area (Å²) in [6, 6.07) is 14.9. The highest BCUT2D eigenvalue weighted by atomic mass is 32.1. The number of furan rings is 1. The first kappa shape index (κ1) is 20.6. The van der Waals surface area contributed by atoms with Gasteiger partial charge in [-0.15, -0.1) is 10.2 Å². The van der Waals surface area contributed by atoms with Gasteiger partial charge in [-0.05, 0) is 60.7 Å².